The molecule has 1 amide bonds. The lowest BCUT2D eigenvalue weighted by Gasteiger charge is -2.06. The van der Waals surface area contributed by atoms with Crippen LogP contribution in [0.1, 0.15) is 10.6 Å². The van der Waals surface area contributed by atoms with Gasteiger partial charge in [-0.2, -0.15) is 0 Å². The smallest absolute Gasteiger partial charge is 0.289 e. The summed E-state index contributed by atoms with van der Waals surface area (Å²) in [5, 5.41) is 4.39. The Morgan fingerprint density at radius 2 is 2.00 bits per heavy atom. The number of furan rings is 1. The molecule has 78 valence electrons. The molecule has 7 heteroatoms. The summed E-state index contributed by atoms with van der Waals surface area (Å²) in [6.45, 7) is 0. The fraction of sp³-hybridized carbons (Fsp3) is 0.286. The second kappa shape index (κ2) is 3.43. The molecule has 1 heterocycles. The van der Waals surface area contributed by atoms with Crippen molar-refractivity contribution >= 4 is 15.9 Å². The lowest BCUT2D eigenvalue weighted by atomic mass is 10.4. The van der Waals surface area contributed by atoms with Crippen LogP contribution in [-0.2, 0) is 10.0 Å². The first-order valence-corrected chi connectivity index (χ1v) is 5.21. The van der Waals surface area contributed by atoms with E-state index in [2.05, 4.69) is 0 Å². The average Bonchev–Trinajstić information content (AvgIpc) is 2.49. The highest BCUT2D eigenvalue weighted by Crippen LogP contribution is 2.12. The zero-order valence-electron chi connectivity index (χ0n) is 7.72. The molecule has 1 rings (SSSR count). The highest BCUT2D eigenvalue weighted by Gasteiger charge is 2.18. The van der Waals surface area contributed by atoms with Crippen LogP contribution >= 0.6 is 0 Å². The number of rotatable bonds is 2. The molecule has 0 aliphatic heterocycles. The monoisotopic (exact) mass is 218 g/mol. The topological polar surface area (TPSA) is 93.6 Å². The van der Waals surface area contributed by atoms with Crippen molar-refractivity contribution in [1.29, 1.82) is 0 Å². The zero-order valence-corrected chi connectivity index (χ0v) is 8.54. The molecule has 0 spiro atoms. The van der Waals surface area contributed by atoms with Gasteiger partial charge in [0, 0.05) is 14.1 Å². The number of carbonyl (C=O) groups excluding carboxylic acids is 1. The molecule has 0 bridgehead atoms. The van der Waals surface area contributed by atoms with Crippen molar-refractivity contribution in [2.45, 2.75) is 5.09 Å². The summed E-state index contributed by atoms with van der Waals surface area (Å²) in [5.74, 6) is -0.473. The van der Waals surface area contributed by atoms with Crippen molar-refractivity contribution in [3.05, 3.63) is 17.9 Å². The zero-order chi connectivity index (χ0) is 10.9. The molecular weight excluding hydrogens is 208 g/mol. The van der Waals surface area contributed by atoms with E-state index in [9.17, 15) is 13.2 Å². The van der Waals surface area contributed by atoms with Crippen LogP contribution in [0.3, 0.4) is 0 Å². The Morgan fingerprint density at radius 3 is 2.36 bits per heavy atom. The van der Waals surface area contributed by atoms with Gasteiger partial charge in [-0.1, -0.05) is 0 Å². The molecule has 0 aliphatic carbocycles. The number of carbonyl (C=O) groups is 1. The van der Waals surface area contributed by atoms with Crippen LogP contribution in [0.15, 0.2) is 21.6 Å². The minimum atomic E-state index is -3.88. The minimum Gasteiger partial charge on any atom is -0.438 e. The number of sulfonamides is 1. The van der Waals surface area contributed by atoms with Crippen molar-refractivity contribution in [2.24, 2.45) is 5.14 Å². The summed E-state index contributed by atoms with van der Waals surface area (Å²) in [7, 11) is -0.820. The van der Waals surface area contributed by atoms with Crippen molar-refractivity contribution in [1.82, 2.24) is 4.90 Å². The lowest BCUT2D eigenvalue weighted by molar-refractivity contribution is 0.0791. The maximum Gasteiger partial charge on any atom is 0.289 e. The maximum atomic E-state index is 11.3. The van der Waals surface area contributed by atoms with E-state index in [0.29, 0.717) is 0 Å². The van der Waals surface area contributed by atoms with E-state index in [1.165, 1.54) is 25.1 Å². The molecule has 1 aromatic heterocycles. The first kappa shape index (κ1) is 10.7. The van der Waals surface area contributed by atoms with Gasteiger partial charge < -0.3 is 9.32 Å². The third-order valence-electron chi connectivity index (χ3n) is 1.48. The van der Waals surface area contributed by atoms with Gasteiger partial charge in [-0.3, -0.25) is 4.79 Å². The predicted molar refractivity (Wildman–Crippen MR) is 48.1 cm³/mol. The third-order valence-corrected chi connectivity index (χ3v) is 2.26. The van der Waals surface area contributed by atoms with Crippen molar-refractivity contribution in [3.8, 4) is 0 Å². The Morgan fingerprint density at radius 1 is 1.43 bits per heavy atom. The van der Waals surface area contributed by atoms with Crippen LogP contribution in [0.4, 0.5) is 0 Å². The number of hydrogen-bond donors (Lipinski definition) is 1. The van der Waals surface area contributed by atoms with Gasteiger partial charge in [0.05, 0.1) is 0 Å². The number of nitrogens with zero attached hydrogens (tertiary/aromatic N) is 1. The number of hydrogen-bond acceptors (Lipinski definition) is 4. The SMILES string of the molecule is CN(C)C(=O)c1ccc(S(N)(=O)=O)o1. The molecule has 0 saturated carbocycles. The molecule has 14 heavy (non-hydrogen) atoms. The normalized spacial score (nSPS) is 11.4. The van der Waals surface area contributed by atoms with Gasteiger partial charge in [0.2, 0.25) is 5.09 Å². The first-order chi connectivity index (χ1) is 6.32. The molecule has 0 aliphatic rings. The Hall–Kier alpha value is -1.34. The molecule has 0 saturated heterocycles. The van der Waals surface area contributed by atoms with E-state index in [1.54, 1.807) is 0 Å². The lowest BCUT2D eigenvalue weighted by Crippen LogP contribution is -2.21. The highest BCUT2D eigenvalue weighted by atomic mass is 32.2. The summed E-state index contributed by atoms with van der Waals surface area (Å²) in [4.78, 5) is 12.6. The highest BCUT2D eigenvalue weighted by molar-refractivity contribution is 7.89. The van der Waals surface area contributed by atoms with Gasteiger partial charge >= 0.3 is 0 Å². The van der Waals surface area contributed by atoms with E-state index in [1.807, 2.05) is 0 Å². The maximum absolute atomic E-state index is 11.3. The molecule has 0 radical (unpaired) electrons. The number of primary sulfonamides is 1. The minimum absolute atomic E-state index is 0.0565. The Balaban J connectivity index is 3.07. The molecule has 0 atom stereocenters. The standard InChI is InChI=1S/C7H10N2O4S/c1-9(2)7(10)5-3-4-6(13-5)14(8,11)12/h3-4H,1-2H3,(H2,8,11,12). The molecule has 0 fully saturated rings. The number of nitrogens with two attached hydrogens (primary N) is 1. The quantitative estimate of drug-likeness (QED) is 0.732. The van der Waals surface area contributed by atoms with Gasteiger partial charge in [-0.25, -0.2) is 13.6 Å². The molecule has 2 N–H and O–H groups in total. The van der Waals surface area contributed by atoms with Crippen molar-refractivity contribution in [3.63, 3.8) is 0 Å². The van der Waals surface area contributed by atoms with E-state index in [-0.39, 0.29) is 5.76 Å². The van der Waals surface area contributed by atoms with Gasteiger partial charge in [0.1, 0.15) is 0 Å². The summed E-state index contributed by atoms with van der Waals surface area (Å²) < 4.78 is 26.4. The molecule has 1 aromatic rings. The molecule has 0 aromatic carbocycles. The van der Waals surface area contributed by atoms with Crippen LogP contribution < -0.4 is 5.14 Å². The molecule has 6 nitrogen and oxygen atoms in total. The fourth-order valence-electron chi connectivity index (χ4n) is 0.808. The van der Waals surface area contributed by atoms with Crippen molar-refractivity contribution in [2.75, 3.05) is 14.1 Å². The van der Waals surface area contributed by atoms with E-state index in [4.69, 9.17) is 9.56 Å². The Kier molecular flexibility index (Phi) is 2.63. The van der Waals surface area contributed by atoms with Gasteiger partial charge in [-0.05, 0) is 12.1 Å². The third kappa shape index (κ3) is 2.12. The van der Waals surface area contributed by atoms with Crippen LogP contribution in [0.2, 0.25) is 0 Å². The van der Waals surface area contributed by atoms with Crippen LogP contribution in [-0.4, -0.2) is 33.3 Å². The first-order valence-electron chi connectivity index (χ1n) is 3.66. The van der Waals surface area contributed by atoms with E-state index in [0.717, 1.165) is 6.07 Å². The summed E-state index contributed by atoms with van der Waals surface area (Å²) in [6.07, 6.45) is 0. The molecule has 0 unspecified atom stereocenters. The van der Waals surface area contributed by atoms with Crippen molar-refractivity contribution < 1.29 is 17.6 Å². The summed E-state index contributed by atoms with van der Waals surface area (Å²) >= 11 is 0. The summed E-state index contributed by atoms with van der Waals surface area (Å²) in [5.41, 5.74) is 0. The van der Waals surface area contributed by atoms with E-state index >= 15 is 0 Å². The van der Waals surface area contributed by atoms with E-state index < -0.39 is 21.0 Å². The average molecular weight is 218 g/mol. The predicted octanol–water partition coefficient (Wildman–Crippen LogP) is -0.371. The Bertz CT molecular complexity index is 446. The Labute approximate surface area is 81.3 Å². The second-order valence-corrected chi connectivity index (χ2v) is 4.36. The van der Waals surface area contributed by atoms with Gasteiger partial charge in [0.15, 0.2) is 5.76 Å². The van der Waals surface area contributed by atoms with Gasteiger partial charge in [-0.15, -0.1) is 0 Å². The van der Waals surface area contributed by atoms with Crippen LogP contribution in [0.25, 0.3) is 0 Å². The second-order valence-electron chi connectivity index (χ2n) is 2.86. The fourth-order valence-corrected chi connectivity index (χ4v) is 1.27. The molecular formula is C7H10N2O4S. The number of amides is 1. The van der Waals surface area contributed by atoms with Crippen LogP contribution in [0.5, 0.6) is 0 Å². The van der Waals surface area contributed by atoms with Gasteiger partial charge in [0.25, 0.3) is 15.9 Å². The largest absolute Gasteiger partial charge is 0.438 e. The summed E-state index contributed by atoms with van der Waals surface area (Å²) in [6, 6.07) is 2.41. The van der Waals surface area contributed by atoms with Crippen LogP contribution in [0, 0.1) is 0 Å².